The van der Waals surface area contributed by atoms with E-state index in [-0.39, 0.29) is 24.3 Å². The monoisotopic (exact) mass is 245 g/mol. The molecule has 0 aliphatic carbocycles. The average molecular weight is 246 g/mol. The van der Waals surface area contributed by atoms with E-state index in [2.05, 4.69) is 13.8 Å². The molecule has 0 bridgehead atoms. The molecule has 0 fully saturated rings. The standard InChI is InChI=1S/C13H20FN.ClH/c1-9(2)4-7-13(15)11-6-5-10(3)8-12(11)14;/h5-6,8-9,13H,4,7,15H2,1-3H3;1H/t13-;/m1./s1. The Morgan fingerprint density at radius 3 is 2.38 bits per heavy atom. The van der Waals surface area contributed by atoms with Gasteiger partial charge in [-0.2, -0.15) is 0 Å². The molecule has 0 radical (unpaired) electrons. The first kappa shape index (κ1) is 15.4. The normalized spacial score (nSPS) is 12.4. The van der Waals surface area contributed by atoms with E-state index in [4.69, 9.17) is 5.73 Å². The van der Waals surface area contributed by atoms with Crippen molar-refractivity contribution < 1.29 is 4.39 Å². The highest BCUT2D eigenvalue weighted by Gasteiger charge is 2.11. The Morgan fingerprint density at radius 2 is 1.88 bits per heavy atom. The van der Waals surface area contributed by atoms with Crippen LogP contribution in [-0.2, 0) is 0 Å². The minimum absolute atomic E-state index is 0. The molecule has 1 atom stereocenters. The second kappa shape index (κ2) is 6.87. The van der Waals surface area contributed by atoms with Crippen molar-refractivity contribution in [2.75, 3.05) is 0 Å². The summed E-state index contributed by atoms with van der Waals surface area (Å²) < 4.78 is 13.5. The Labute approximate surface area is 104 Å². The van der Waals surface area contributed by atoms with Crippen molar-refractivity contribution in [3.05, 3.63) is 35.1 Å². The maximum absolute atomic E-state index is 13.5. The van der Waals surface area contributed by atoms with Crippen LogP contribution in [0.25, 0.3) is 0 Å². The summed E-state index contributed by atoms with van der Waals surface area (Å²) in [6, 6.07) is 5.08. The van der Waals surface area contributed by atoms with Crippen LogP contribution in [0.2, 0.25) is 0 Å². The fraction of sp³-hybridized carbons (Fsp3) is 0.538. The SMILES string of the molecule is Cc1ccc([C@H](N)CCC(C)C)c(F)c1.Cl. The van der Waals surface area contributed by atoms with Gasteiger partial charge in [0.25, 0.3) is 0 Å². The van der Waals surface area contributed by atoms with Crippen LogP contribution < -0.4 is 5.73 Å². The molecule has 1 aromatic carbocycles. The lowest BCUT2D eigenvalue weighted by atomic mass is 9.97. The highest BCUT2D eigenvalue weighted by molar-refractivity contribution is 5.85. The smallest absolute Gasteiger partial charge is 0.128 e. The van der Waals surface area contributed by atoms with E-state index in [9.17, 15) is 4.39 Å². The summed E-state index contributed by atoms with van der Waals surface area (Å²) in [5, 5.41) is 0. The first-order valence-corrected chi connectivity index (χ1v) is 5.52. The van der Waals surface area contributed by atoms with Crippen LogP contribution in [0, 0.1) is 18.7 Å². The Balaban J connectivity index is 0.00000225. The summed E-state index contributed by atoms with van der Waals surface area (Å²) in [6.07, 6.45) is 1.88. The lowest BCUT2D eigenvalue weighted by molar-refractivity contribution is 0.491. The number of aryl methyl sites for hydroxylation is 1. The van der Waals surface area contributed by atoms with Gasteiger partial charge in [0.1, 0.15) is 5.82 Å². The Morgan fingerprint density at radius 1 is 1.25 bits per heavy atom. The average Bonchev–Trinajstić information content (AvgIpc) is 2.14. The van der Waals surface area contributed by atoms with Crippen molar-refractivity contribution in [3.63, 3.8) is 0 Å². The van der Waals surface area contributed by atoms with Gasteiger partial charge in [0, 0.05) is 11.6 Å². The molecule has 0 aliphatic rings. The van der Waals surface area contributed by atoms with Gasteiger partial charge in [0.2, 0.25) is 0 Å². The summed E-state index contributed by atoms with van der Waals surface area (Å²) in [5.74, 6) is 0.441. The first-order chi connectivity index (χ1) is 7.00. The molecule has 0 aromatic heterocycles. The Kier molecular flexibility index (Phi) is 6.61. The Hall–Kier alpha value is -0.600. The second-order valence-corrected chi connectivity index (χ2v) is 4.60. The van der Waals surface area contributed by atoms with Crippen molar-refractivity contribution in [3.8, 4) is 0 Å². The van der Waals surface area contributed by atoms with Crippen LogP contribution in [0.5, 0.6) is 0 Å². The van der Waals surface area contributed by atoms with Crippen molar-refractivity contribution in [2.24, 2.45) is 11.7 Å². The molecule has 0 unspecified atom stereocenters. The largest absolute Gasteiger partial charge is 0.324 e. The van der Waals surface area contributed by atoms with Gasteiger partial charge < -0.3 is 5.73 Å². The van der Waals surface area contributed by atoms with Crippen LogP contribution in [0.1, 0.15) is 43.9 Å². The number of hydrogen-bond donors (Lipinski definition) is 1. The molecule has 1 aromatic rings. The van der Waals surface area contributed by atoms with Crippen molar-refractivity contribution in [1.82, 2.24) is 0 Å². The van der Waals surface area contributed by atoms with Gasteiger partial charge in [-0.15, -0.1) is 12.4 Å². The fourth-order valence-corrected chi connectivity index (χ4v) is 1.60. The molecule has 0 spiro atoms. The first-order valence-electron chi connectivity index (χ1n) is 5.52. The second-order valence-electron chi connectivity index (χ2n) is 4.60. The molecule has 0 saturated heterocycles. The predicted octanol–water partition coefficient (Wildman–Crippen LogP) is 3.99. The highest BCUT2D eigenvalue weighted by Crippen LogP contribution is 2.21. The molecule has 2 N–H and O–H groups in total. The maximum atomic E-state index is 13.5. The topological polar surface area (TPSA) is 26.0 Å². The van der Waals surface area contributed by atoms with Crippen molar-refractivity contribution in [1.29, 1.82) is 0 Å². The predicted molar refractivity (Wildman–Crippen MR) is 69.4 cm³/mol. The molecule has 3 heteroatoms. The molecule has 16 heavy (non-hydrogen) atoms. The molecule has 0 saturated carbocycles. The third-order valence-electron chi connectivity index (χ3n) is 2.61. The van der Waals surface area contributed by atoms with E-state index in [1.54, 1.807) is 12.1 Å². The molecule has 0 heterocycles. The van der Waals surface area contributed by atoms with E-state index in [1.807, 2.05) is 13.0 Å². The van der Waals surface area contributed by atoms with Crippen LogP contribution in [0.15, 0.2) is 18.2 Å². The maximum Gasteiger partial charge on any atom is 0.128 e. The third kappa shape index (κ3) is 4.50. The van der Waals surface area contributed by atoms with E-state index in [0.29, 0.717) is 11.5 Å². The molecule has 0 amide bonds. The summed E-state index contributed by atoms with van der Waals surface area (Å²) in [4.78, 5) is 0. The lowest BCUT2D eigenvalue weighted by Crippen LogP contribution is -2.13. The lowest BCUT2D eigenvalue weighted by Gasteiger charge is -2.14. The molecule has 1 nitrogen and oxygen atoms in total. The minimum Gasteiger partial charge on any atom is -0.324 e. The number of nitrogens with two attached hydrogens (primary N) is 1. The molecule has 0 aliphatic heterocycles. The van der Waals surface area contributed by atoms with Gasteiger partial charge >= 0.3 is 0 Å². The van der Waals surface area contributed by atoms with E-state index in [1.165, 1.54) is 0 Å². The number of benzene rings is 1. The van der Waals surface area contributed by atoms with Gasteiger partial charge in [-0.1, -0.05) is 26.0 Å². The van der Waals surface area contributed by atoms with E-state index >= 15 is 0 Å². The van der Waals surface area contributed by atoms with Crippen LogP contribution >= 0.6 is 12.4 Å². The van der Waals surface area contributed by atoms with Gasteiger partial charge in [-0.3, -0.25) is 0 Å². The zero-order valence-corrected chi connectivity index (χ0v) is 11.0. The van der Waals surface area contributed by atoms with Crippen LogP contribution in [0.4, 0.5) is 4.39 Å². The van der Waals surface area contributed by atoms with Gasteiger partial charge in [-0.05, 0) is 37.3 Å². The summed E-state index contributed by atoms with van der Waals surface area (Å²) >= 11 is 0. The van der Waals surface area contributed by atoms with Crippen LogP contribution in [0.3, 0.4) is 0 Å². The molecular formula is C13H21ClFN. The number of rotatable bonds is 4. The minimum atomic E-state index is -0.175. The molecule has 92 valence electrons. The Bertz CT molecular complexity index is 326. The fourth-order valence-electron chi connectivity index (χ4n) is 1.60. The summed E-state index contributed by atoms with van der Waals surface area (Å²) in [6.45, 7) is 6.18. The van der Waals surface area contributed by atoms with Crippen molar-refractivity contribution in [2.45, 2.75) is 39.7 Å². The van der Waals surface area contributed by atoms with E-state index in [0.717, 1.165) is 18.4 Å². The number of hydrogen-bond acceptors (Lipinski definition) is 1. The molecule has 1 rings (SSSR count). The summed E-state index contributed by atoms with van der Waals surface area (Å²) in [7, 11) is 0. The molecular weight excluding hydrogens is 225 g/mol. The highest BCUT2D eigenvalue weighted by atomic mass is 35.5. The van der Waals surface area contributed by atoms with Crippen LogP contribution in [-0.4, -0.2) is 0 Å². The summed E-state index contributed by atoms with van der Waals surface area (Å²) in [5.41, 5.74) is 7.53. The van der Waals surface area contributed by atoms with Crippen molar-refractivity contribution >= 4 is 12.4 Å². The quantitative estimate of drug-likeness (QED) is 0.853. The third-order valence-corrected chi connectivity index (χ3v) is 2.61. The van der Waals surface area contributed by atoms with Gasteiger partial charge in [0.15, 0.2) is 0 Å². The number of halogens is 2. The zero-order chi connectivity index (χ0) is 11.4. The zero-order valence-electron chi connectivity index (χ0n) is 10.2. The van der Waals surface area contributed by atoms with Gasteiger partial charge in [-0.25, -0.2) is 4.39 Å². The van der Waals surface area contributed by atoms with Gasteiger partial charge in [0.05, 0.1) is 0 Å². The van der Waals surface area contributed by atoms with E-state index < -0.39 is 0 Å².